The van der Waals surface area contributed by atoms with E-state index in [0.717, 1.165) is 0 Å². The number of methoxy groups -OCH3 is 1. The van der Waals surface area contributed by atoms with E-state index < -0.39 is 53.7 Å². The van der Waals surface area contributed by atoms with Crippen LogP contribution in [0.4, 0.5) is 0 Å². The molecule has 8 nitrogen and oxygen atoms in total. The molecule has 0 aromatic carbocycles. The van der Waals surface area contributed by atoms with Crippen LogP contribution in [-0.2, 0) is 33.2 Å². The van der Waals surface area contributed by atoms with Gasteiger partial charge in [0.15, 0.2) is 17.9 Å². The van der Waals surface area contributed by atoms with Crippen molar-refractivity contribution in [2.75, 3.05) is 13.7 Å². The number of carbonyl (C=O) groups is 1. The largest absolute Gasteiger partial charge is 0.468 e. The number of carbonyl (C=O) groups excluding carboxylic acids is 1. The second kappa shape index (κ2) is 6.25. The van der Waals surface area contributed by atoms with Crippen molar-refractivity contribution in [1.29, 1.82) is 0 Å². The second-order valence-electron chi connectivity index (χ2n) is 8.04. The highest BCUT2D eigenvalue weighted by atomic mass is 16.8. The van der Waals surface area contributed by atoms with Crippen molar-refractivity contribution in [3.8, 4) is 0 Å². The zero-order valence-electron chi connectivity index (χ0n) is 16.1. The summed E-state index contributed by atoms with van der Waals surface area (Å²) in [7, 11) is 1.26. The number of aliphatic hydroxyl groups is 1. The molecular weight excluding hydrogens is 344 g/mol. The van der Waals surface area contributed by atoms with Crippen LogP contribution in [-0.4, -0.2) is 66.6 Å². The van der Waals surface area contributed by atoms with E-state index in [4.69, 9.17) is 28.4 Å². The molecule has 0 saturated carbocycles. The monoisotopic (exact) mass is 372 g/mol. The van der Waals surface area contributed by atoms with E-state index in [1.807, 2.05) is 0 Å². The molecule has 3 rings (SSSR count). The van der Waals surface area contributed by atoms with Gasteiger partial charge in [0.2, 0.25) is 0 Å². The van der Waals surface area contributed by atoms with E-state index in [2.05, 4.69) is 6.58 Å². The maximum absolute atomic E-state index is 12.5. The molecule has 0 spiro atoms. The Labute approximate surface area is 153 Å². The summed E-state index contributed by atoms with van der Waals surface area (Å²) in [6, 6.07) is 0. The van der Waals surface area contributed by atoms with Crippen LogP contribution in [0.25, 0.3) is 0 Å². The number of fused-ring (bicyclic) bond motifs is 1. The van der Waals surface area contributed by atoms with E-state index >= 15 is 0 Å². The van der Waals surface area contributed by atoms with Crippen molar-refractivity contribution >= 4 is 5.97 Å². The average molecular weight is 372 g/mol. The summed E-state index contributed by atoms with van der Waals surface area (Å²) >= 11 is 0. The lowest BCUT2D eigenvalue weighted by atomic mass is 9.74. The fourth-order valence-corrected chi connectivity index (χ4v) is 4.04. The summed E-state index contributed by atoms with van der Waals surface area (Å²) in [6.45, 7) is 12.7. The van der Waals surface area contributed by atoms with E-state index in [1.54, 1.807) is 34.6 Å². The lowest BCUT2D eigenvalue weighted by Gasteiger charge is -2.40. The van der Waals surface area contributed by atoms with Gasteiger partial charge in [-0.1, -0.05) is 12.2 Å². The molecule has 3 fully saturated rings. The smallest absolute Gasteiger partial charge is 0.315 e. The maximum Gasteiger partial charge on any atom is 0.315 e. The van der Waals surface area contributed by atoms with Crippen LogP contribution in [0.2, 0.25) is 0 Å². The highest BCUT2D eigenvalue weighted by Gasteiger charge is 2.70. The van der Waals surface area contributed by atoms with Crippen LogP contribution in [0.3, 0.4) is 0 Å². The minimum absolute atomic E-state index is 0.201. The standard InChI is InChI=1S/C18H28O8/c1-9(2)11(14(19)21-7)18(20)12(10-8-22-16(3,4)24-10)23-15-13(18)25-17(5,6)26-15/h10-13,15,20H,1,8H2,2-7H3/t10-,11-,12-,13+,15-,18-/m1/s1. The van der Waals surface area contributed by atoms with Crippen LogP contribution < -0.4 is 0 Å². The molecule has 0 aromatic rings. The molecule has 3 saturated heterocycles. The third-order valence-electron chi connectivity index (χ3n) is 5.01. The third-order valence-corrected chi connectivity index (χ3v) is 5.01. The highest BCUT2D eigenvalue weighted by Crippen LogP contribution is 2.50. The van der Waals surface area contributed by atoms with Crippen LogP contribution in [0.1, 0.15) is 34.6 Å². The van der Waals surface area contributed by atoms with Gasteiger partial charge < -0.3 is 33.5 Å². The molecule has 8 heteroatoms. The molecule has 0 aliphatic carbocycles. The molecule has 3 heterocycles. The molecule has 6 atom stereocenters. The van der Waals surface area contributed by atoms with Crippen LogP contribution in [0.5, 0.6) is 0 Å². The Hall–Kier alpha value is -1.03. The van der Waals surface area contributed by atoms with Crippen molar-refractivity contribution in [1.82, 2.24) is 0 Å². The van der Waals surface area contributed by atoms with Gasteiger partial charge in [-0.2, -0.15) is 0 Å². The molecule has 3 aliphatic rings. The van der Waals surface area contributed by atoms with Gasteiger partial charge in [-0.15, -0.1) is 0 Å². The molecule has 0 radical (unpaired) electrons. The summed E-state index contributed by atoms with van der Waals surface area (Å²) < 4.78 is 34.1. The lowest BCUT2D eigenvalue weighted by molar-refractivity contribution is -0.254. The molecule has 0 unspecified atom stereocenters. The van der Waals surface area contributed by atoms with Gasteiger partial charge >= 0.3 is 5.97 Å². The molecular formula is C18H28O8. The quantitative estimate of drug-likeness (QED) is 0.580. The number of ether oxygens (including phenoxy) is 6. The van der Waals surface area contributed by atoms with E-state index in [-0.39, 0.29) is 6.61 Å². The summed E-state index contributed by atoms with van der Waals surface area (Å²) in [5, 5.41) is 11.8. The highest BCUT2D eigenvalue weighted by molar-refractivity contribution is 5.77. The first-order valence-electron chi connectivity index (χ1n) is 8.70. The van der Waals surface area contributed by atoms with E-state index in [0.29, 0.717) is 5.57 Å². The summed E-state index contributed by atoms with van der Waals surface area (Å²) in [5.41, 5.74) is -1.36. The SMILES string of the molecule is C=C(C)[C@H](C(=O)OC)[C@@]1(O)[C@@H]([C@H]2COC(C)(C)O2)O[C@@H]2OC(C)(C)O[C@@H]21. The molecule has 148 valence electrons. The van der Waals surface area contributed by atoms with Crippen molar-refractivity contribution in [3.63, 3.8) is 0 Å². The molecule has 0 aromatic heterocycles. The number of esters is 1. The summed E-state index contributed by atoms with van der Waals surface area (Å²) in [6.07, 6.45) is -3.28. The van der Waals surface area contributed by atoms with Gasteiger partial charge in [-0.25, -0.2) is 0 Å². The zero-order chi connectivity index (χ0) is 19.5. The molecule has 26 heavy (non-hydrogen) atoms. The Kier molecular flexibility index (Phi) is 4.74. The predicted octanol–water partition coefficient (Wildman–Crippen LogP) is 1.11. The van der Waals surface area contributed by atoms with Crippen molar-refractivity contribution < 1.29 is 38.3 Å². The first kappa shape index (κ1) is 19.7. The van der Waals surface area contributed by atoms with Crippen molar-refractivity contribution in [2.24, 2.45) is 5.92 Å². The Bertz CT molecular complexity index is 600. The summed E-state index contributed by atoms with van der Waals surface area (Å²) in [5.74, 6) is -3.48. The first-order valence-corrected chi connectivity index (χ1v) is 8.70. The van der Waals surface area contributed by atoms with Gasteiger partial charge in [0.25, 0.3) is 0 Å². The second-order valence-corrected chi connectivity index (χ2v) is 8.04. The Balaban J connectivity index is 2.01. The van der Waals surface area contributed by atoms with Crippen LogP contribution in [0.15, 0.2) is 12.2 Å². The molecule has 3 aliphatic heterocycles. The predicted molar refractivity (Wildman–Crippen MR) is 88.9 cm³/mol. The lowest BCUT2D eigenvalue weighted by Crippen LogP contribution is -2.61. The molecule has 1 N–H and O–H groups in total. The van der Waals surface area contributed by atoms with Gasteiger partial charge in [-0.3, -0.25) is 4.79 Å². The van der Waals surface area contributed by atoms with Crippen LogP contribution in [0, 0.1) is 5.92 Å². The summed E-state index contributed by atoms with van der Waals surface area (Å²) in [4.78, 5) is 12.5. The van der Waals surface area contributed by atoms with Crippen molar-refractivity contribution in [3.05, 3.63) is 12.2 Å². The number of hydrogen-bond acceptors (Lipinski definition) is 8. The average Bonchev–Trinajstić information content (AvgIpc) is 3.09. The minimum Gasteiger partial charge on any atom is -0.468 e. The minimum atomic E-state index is -1.79. The zero-order valence-corrected chi connectivity index (χ0v) is 16.1. The Morgan fingerprint density at radius 2 is 1.81 bits per heavy atom. The Morgan fingerprint density at radius 3 is 2.31 bits per heavy atom. The fourth-order valence-electron chi connectivity index (χ4n) is 4.04. The van der Waals surface area contributed by atoms with Crippen molar-refractivity contribution in [2.45, 2.75) is 76.4 Å². The van der Waals surface area contributed by atoms with E-state index in [9.17, 15) is 9.90 Å². The van der Waals surface area contributed by atoms with Crippen LogP contribution >= 0.6 is 0 Å². The Morgan fingerprint density at radius 1 is 1.15 bits per heavy atom. The van der Waals surface area contributed by atoms with Gasteiger partial charge in [0.1, 0.15) is 29.8 Å². The van der Waals surface area contributed by atoms with Gasteiger partial charge in [0.05, 0.1) is 13.7 Å². The van der Waals surface area contributed by atoms with Gasteiger partial charge in [-0.05, 0) is 34.6 Å². The topological polar surface area (TPSA) is 92.7 Å². The molecule has 0 amide bonds. The molecule has 0 bridgehead atoms. The maximum atomic E-state index is 12.5. The van der Waals surface area contributed by atoms with Gasteiger partial charge in [0, 0.05) is 0 Å². The first-order chi connectivity index (χ1) is 11.9. The number of hydrogen-bond donors (Lipinski definition) is 1. The van der Waals surface area contributed by atoms with E-state index in [1.165, 1.54) is 7.11 Å². The number of rotatable bonds is 4. The third kappa shape index (κ3) is 3.08. The fraction of sp³-hybridized carbons (Fsp3) is 0.833. The normalized spacial score (nSPS) is 41.7.